The minimum Gasteiger partial charge on any atom is -0.481 e. The molecule has 8 heteroatoms. The zero-order valence-electron chi connectivity index (χ0n) is 8.45. The van der Waals surface area contributed by atoms with E-state index >= 15 is 0 Å². The Labute approximate surface area is 88.9 Å². The molecule has 0 saturated heterocycles. The highest BCUT2D eigenvalue weighted by Crippen LogP contribution is 2.05. The number of carbonyl (C=O) groups is 1. The Kier molecular flexibility index (Phi) is 3.89. The van der Waals surface area contributed by atoms with Gasteiger partial charge in [0.1, 0.15) is 0 Å². The fourth-order valence-electron chi connectivity index (χ4n) is 0.989. The van der Waals surface area contributed by atoms with Gasteiger partial charge in [0.2, 0.25) is 0 Å². The highest BCUT2D eigenvalue weighted by molar-refractivity contribution is 7.84. The van der Waals surface area contributed by atoms with E-state index in [-0.39, 0.29) is 12.2 Å². The van der Waals surface area contributed by atoms with Gasteiger partial charge >= 0.3 is 5.97 Å². The molecule has 2 atom stereocenters. The normalized spacial score (nSPS) is 14.8. The van der Waals surface area contributed by atoms with Gasteiger partial charge in [-0.1, -0.05) is 6.92 Å². The van der Waals surface area contributed by atoms with Crippen LogP contribution in [0, 0.1) is 0 Å². The zero-order valence-corrected chi connectivity index (χ0v) is 9.27. The lowest BCUT2D eigenvalue weighted by molar-refractivity contribution is -0.136. The largest absolute Gasteiger partial charge is 0.481 e. The Morgan fingerprint density at radius 2 is 2.33 bits per heavy atom. The van der Waals surface area contributed by atoms with Crippen molar-refractivity contribution < 1.29 is 14.1 Å². The minimum absolute atomic E-state index is 0.118. The van der Waals surface area contributed by atoms with Crippen molar-refractivity contribution in [2.24, 2.45) is 7.05 Å². The second-order valence-electron chi connectivity index (χ2n) is 3.13. The van der Waals surface area contributed by atoms with E-state index in [4.69, 9.17) is 5.11 Å². The minimum atomic E-state index is -1.28. The Morgan fingerprint density at radius 1 is 1.67 bits per heavy atom. The molecule has 1 rings (SSSR count). The molecule has 7 nitrogen and oxygen atoms in total. The molecule has 2 unspecified atom stereocenters. The molecule has 1 N–H and O–H groups in total. The average Bonchev–Trinajstić information content (AvgIpc) is 2.50. The maximum Gasteiger partial charge on any atom is 0.304 e. The first-order chi connectivity index (χ1) is 6.99. The number of carboxylic acid groups (broad SMARTS) is 1. The van der Waals surface area contributed by atoms with Crippen LogP contribution in [0.1, 0.15) is 19.2 Å². The van der Waals surface area contributed by atoms with Crippen LogP contribution in [0.2, 0.25) is 0 Å². The Balaban J connectivity index is 2.52. The third-order valence-corrected chi connectivity index (χ3v) is 3.34. The number of hydrogen-bond donors (Lipinski definition) is 1. The van der Waals surface area contributed by atoms with Crippen LogP contribution in [0.25, 0.3) is 0 Å². The lowest BCUT2D eigenvalue weighted by Gasteiger charge is -2.05. The van der Waals surface area contributed by atoms with Crippen LogP contribution in [-0.4, -0.2) is 40.7 Å². The molecular formula is C7H12N4O3S. The van der Waals surface area contributed by atoms with Crippen molar-refractivity contribution in [1.29, 1.82) is 0 Å². The Bertz CT molecular complexity index is 378. The molecule has 15 heavy (non-hydrogen) atoms. The molecule has 0 radical (unpaired) electrons. The van der Waals surface area contributed by atoms with E-state index in [0.29, 0.717) is 5.82 Å². The maximum absolute atomic E-state index is 11.6. The first-order valence-corrected chi connectivity index (χ1v) is 5.69. The summed E-state index contributed by atoms with van der Waals surface area (Å²) in [6.07, 6.45) is -0.118. The fourth-order valence-corrected chi connectivity index (χ4v) is 1.97. The van der Waals surface area contributed by atoms with Gasteiger partial charge in [0.25, 0.3) is 0 Å². The van der Waals surface area contributed by atoms with E-state index in [1.807, 2.05) is 0 Å². The summed E-state index contributed by atoms with van der Waals surface area (Å²) in [4.78, 5) is 11.7. The topological polar surface area (TPSA) is 98.0 Å². The van der Waals surface area contributed by atoms with Crippen LogP contribution < -0.4 is 0 Å². The summed E-state index contributed by atoms with van der Waals surface area (Å²) in [6.45, 7) is 1.63. The van der Waals surface area contributed by atoms with Crippen LogP contribution in [0.4, 0.5) is 0 Å². The van der Waals surface area contributed by atoms with Gasteiger partial charge in [-0.2, -0.15) is 4.80 Å². The van der Waals surface area contributed by atoms with Crippen LogP contribution in [0.5, 0.6) is 0 Å². The molecule has 1 aromatic rings. The summed E-state index contributed by atoms with van der Waals surface area (Å²) in [5.74, 6) is -0.446. The van der Waals surface area contributed by atoms with E-state index in [0.717, 1.165) is 0 Å². The van der Waals surface area contributed by atoms with Crippen molar-refractivity contribution in [3.63, 3.8) is 0 Å². The van der Waals surface area contributed by atoms with Crippen LogP contribution in [0.3, 0.4) is 0 Å². The number of nitrogens with zero attached hydrogens (tertiary/aromatic N) is 4. The molecule has 0 spiro atoms. The summed E-state index contributed by atoms with van der Waals surface area (Å²) in [6, 6.07) is 0. The number of aryl methyl sites for hydroxylation is 1. The van der Waals surface area contributed by atoms with Gasteiger partial charge in [-0.3, -0.25) is 9.00 Å². The van der Waals surface area contributed by atoms with Crippen molar-refractivity contribution in [3.05, 3.63) is 5.82 Å². The Hall–Kier alpha value is -1.31. The summed E-state index contributed by atoms with van der Waals surface area (Å²) >= 11 is 0. The molecular weight excluding hydrogens is 220 g/mol. The molecule has 0 fully saturated rings. The van der Waals surface area contributed by atoms with Gasteiger partial charge in [0.15, 0.2) is 5.82 Å². The van der Waals surface area contributed by atoms with Crippen molar-refractivity contribution in [1.82, 2.24) is 20.2 Å². The van der Waals surface area contributed by atoms with E-state index in [1.54, 1.807) is 14.0 Å². The van der Waals surface area contributed by atoms with Gasteiger partial charge in [0, 0.05) is 16.0 Å². The van der Waals surface area contributed by atoms with Gasteiger partial charge in [-0.25, -0.2) is 0 Å². The number of tetrazole rings is 1. The lowest BCUT2D eigenvalue weighted by atomic mass is 10.3. The van der Waals surface area contributed by atoms with Gasteiger partial charge < -0.3 is 5.11 Å². The molecule has 0 bridgehead atoms. The van der Waals surface area contributed by atoms with Crippen LogP contribution >= 0.6 is 0 Å². The highest BCUT2D eigenvalue weighted by Gasteiger charge is 2.17. The zero-order chi connectivity index (χ0) is 11.4. The standard InChI is InChI=1S/C7H12N4O3S/c1-5(3-7(12)13)15(14)4-6-8-10-11(2)9-6/h5H,3-4H2,1-2H3,(H,12,13). The summed E-state index contributed by atoms with van der Waals surface area (Å²) in [7, 11) is 0.329. The number of carboxylic acids is 1. The molecule has 0 aliphatic rings. The molecule has 0 amide bonds. The SMILES string of the molecule is CC(CC(=O)O)S(=O)Cc1nnn(C)n1. The predicted octanol–water partition coefficient (Wildman–Crippen LogP) is -0.678. The molecule has 0 aliphatic heterocycles. The van der Waals surface area contributed by atoms with E-state index in [9.17, 15) is 9.00 Å². The third kappa shape index (κ3) is 3.74. The van der Waals surface area contributed by atoms with Gasteiger partial charge in [-0.15, -0.1) is 10.2 Å². The number of hydrogen-bond acceptors (Lipinski definition) is 5. The summed E-state index contributed by atoms with van der Waals surface area (Å²) < 4.78 is 11.6. The first-order valence-electron chi connectivity index (χ1n) is 4.31. The third-order valence-electron chi connectivity index (χ3n) is 1.73. The predicted molar refractivity (Wildman–Crippen MR) is 52.4 cm³/mol. The number of rotatable bonds is 5. The van der Waals surface area contributed by atoms with Crippen molar-refractivity contribution >= 4 is 16.8 Å². The van der Waals surface area contributed by atoms with Crippen LogP contribution in [-0.2, 0) is 28.4 Å². The smallest absolute Gasteiger partial charge is 0.304 e. The second kappa shape index (κ2) is 4.96. The van der Waals surface area contributed by atoms with Crippen molar-refractivity contribution in [2.75, 3.05) is 0 Å². The molecule has 84 valence electrons. The number of aromatic nitrogens is 4. The van der Waals surface area contributed by atoms with Crippen molar-refractivity contribution in [2.45, 2.75) is 24.3 Å². The monoisotopic (exact) mass is 232 g/mol. The average molecular weight is 232 g/mol. The first kappa shape index (κ1) is 11.8. The maximum atomic E-state index is 11.6. The molecule has 1 aromatic heterocycles. The number of aliphatic carboxylic acids is 1. The molecule has 0 aliphatic carbocycles. The molecule has 0 aromatic carbocycles. The van der Waals surface area contributed by atoms with E-state index in [1.165, 1.54) is 4.80 Å². The summed E-state index contributed by atoms with van der Waals surface area (Å²) in [5.41, 5.74) is 0. The fraction of sp³-hybridized carbons (Fsp3) is 0.714. The van der Waals surface area contributed by atoms with E-state index in [2.05, 4.69) is 15.4 Å². The van der Waals surface area contributed by atoms with Crippen LogP contribution in [0.15, 0.2) is 0 Å². The van der Waals surface area contributed by atoms with Gasteiger partial charge in [0.05, 0.1) is 19.2 Å². The van der Waals surface area contributed by atoms with Crippen molar-refractivity contribution in [3.8, 4) is 0 Å². The highest BCUT2D eigenvalue weighted by atomic mass is 32.2. The second-order valence-corrected chi connectivity index (χ2v) is 4.98. The van der Waals surface area contributed by atoms with E-state index < -0.39 is 22.0 Å². The molecule has 1 heterocycles. The lowest BCUT2D eigenvalue weighted by Crippen LogP contribution is -2.17. The molecule has 0 saturated carbocycles. The summed E-state index contributed by atoms with van der Waals surface area (Å²) in [5, 5.41) is 19.2. The quantitative estimate of drug-likeness (QED) is 0.722. The Morgan fingerprint density at radius 3 is 2.80 bits per heavy atom. The van der Waals surface area contributed by atoms with Gasteiger partial charge in [-0.05, 0) is 5.21 Å².